The van der Waals surface area contributed by atoms with Crippen molar-refractivity contribution in [2.45, 2.75) is 0 Å². The fourth-order valence-electron chi connectivity index (χ4n) is 2.63. The molecule has 132 valence electrons. The van der Waals surface area contributed by atoms with Gasteiger partial charge in [-0.2, -0.15) is 0 Å². The van der Waals surface area contributed by atoms with Crippen molar-refractivity contribution in [3.63, 3.8) is 0 Å². The number of aromatic hydroxyl groups is 2. The van der Waals surface area contributed by atoms with E-state index in [9.17, 15) is 10.2 Å². The van der Waals surface area contributed by atoms with Crippen LogP contribution in [0.3, 0.4) is 0 Å². The van der Waals surface area contributed by atoms with E-state index in [-0.39, 0.29) is 26.2 Å². The summed E-state index contributed by atoms with van der Waals surface area (Å²) in [4.78, 5) is 0. The van der Waals surface area contributed by atoms with Gasteiger partial charge in [-0.15, -0.1) is 0 Å². The summed E-state index contributed by atoms with van der Waals surface area (Å²) in [5, 5.41) is 18.5. The molecule has 0 aromatic heterocycles. The quantitative estimate of drug-likeness (QED) is 0.402. The van der Waals surface area contributed by atoms with Crippen LogP contribution in [0.5, 0.6) is 11.5 Å². The Morgan fingerprint density at radius 2 is 0.704 bits per heavy atom. The zero-order valence-corrected chi connectivity index (χ0v) is 17.2. The van der Waals surface area contributed by atoms with Crippen LogP contribution < -0.4 is 0 Å². The second kappa shape index (κ2) is 10.5. The Balaban J connectivity index is 0.000000187. The summed E-state index contributed by atoms with van der Waals surface area (Å²) in [6.45, 7) is 0. The van der Waals surface area contributed by atoms with Gasteiger partial charge in [0, 0.05) is 26.2 Å². The van der Waals surface area contributed by atoms with Crippen LogP contribution >= 0.6 is 0 Å². The molecule has 0 unspecified atom stereocenters. The molecule has 3 heteroatoms. The molecular weight excluding hydrogens is 411 g/mol. The first-order valence-electron chi connectivity index (χ1n) is 8.41. The van der Waals surface area contributed by atoms with Gasteiger partial charge in [0.15, 0.2) is 0 Å². The molecule has 4 aromatic carbocycles. The van der Waals surface area contributed by atoms with Gasteiger partial charge in [-0.1, -0.05) is 84.9 Å². The van der Waals surface area contributed by atoms with Gasteiger partial charge in [-0.05, 0) is 46.5 Å². The van der Waals surface area contributed by atoms with E-state index >= 15 is 0 Å². The molecule has 2 N–H and O–H groups in total. The SMILES string of the molecule is Oc1cccc(-c2ccccc2)c1.Oc1cccc(-c2ccccc2)c1.[Zr]. The average molecular weight is 432 g/mol. The molecule has 0 aliphatic heterocycles. The third kappa shape index (κ3) is 6.23. The summed E-state index contributed by atoms with van der Waals surface area (Å²) in [5.74, 6) is 0.614. The van der Waals surface area contributed by atoms with Gasteiger partial charge in [-0.25, -0.2) is 0 Å². The number of hydrogen-bond acceptors (Lipinski definition) is 2. The third-order valence-electron chi connectivity index (χ3n) is 3.91. The normalized spacial score (nSPS) is 9.48. The van der Waals surface area contributed by atoms with E-state index in [1.165, 1.54) is 0 Å². The summed E-state index contributed by atoms with van der Waals surface area (Å²) in [5.41, 5.74) is 4.33. The van der Waals surface area contributed by atoms with Crippen molar-refractivity contribution in [1.82, 2.24) is 0 Å². The maximum Gasteiger partial charge on any atom is 0.116 e. The average Bonchev–Trinajstić information content (AvgIpc) is 2.70. The molecule has 0 fully saturated rings. The summed E-state index contributed by atoms with van der Waals surface area (Å²) < 4.78 is 0. The number of phenols is 2. The van der Waals surface area contributed by atoms with E-state index in [0.717, 1.165) is 22.3 Å². The number of hydrogen-bond donors (Lipinski definition) is 2. The molecule has 0 atom stereocenters. The molecule has 0 bridgehead atoms. The van der Waals surface area contributed by atoms with E-state index in [1.807, 2.05) is 84.9 Å². The standard InChI is InChI=1S/2C12H10O.Zr/c2*13-12-8-4-7-11(9-12)10-5-2-1-3-6-10;/h2*1-9,13H;. The predicted molar refractivity (Wildman–Crippen MR) is 107 cm³/mol. The molecule has 4 aromatic rings. The first-order valence-corrected chi connectivity index (χ1v) is 8.41. The minimum absolute atomic E-state index is 0. The minimum Gasteiger partial charge on any atom is -0.508 e. The molecule has 0 aliphatic carbocycles. The molecule has 0 spiro atoms. The number of benzene rings is 4. The summed E-state index contributed by atoms with van der Waals surface area (Å²) in [6.07, 6.45) is 0. The Hall–Kier alpha value is -2.64. The zero-order chi connectivity index (χ0) is 18.2. The van der Waals surface area contributed by atoms with Crippen LogP contribution in [0.2, 0.25) is 0 Å². The Bertz CT molecular complexity index is 873. The molecule has 0 heterocycles. The van der Waals surface area contributed by atoms with Crippen LogP contribution in [-0.2, 0) is 26.2 Å². The Morgan fingerprint density at radius 3 is 1.04 bits per heavy atom. The van der Waals surface area contributed by atoms with E-state index in [4.69, 9.17) is 0 Å². The van der Waals surface area contributed by atoms with Crippen LogP contribution in [0.15, 0.2) is 109 Å². The zero-order valence-electron chi connectivity index (χ0n) is 14.8. The summed E-state index contributed by atoms with van der Waals surface area (Å²) in [6, 6.07) is 34.5. The fraction of sp³-hybridized carbons (Fsp3) is 0. The van der Waals surface area contributed by atoms with Gasteiger partial charge in [0.1, 0.15) is 11.5 Å². The van der Waals surface area contributed by atoms with Crippen LogP contribution in [-0.4, -0.2) is 10.2 Å². The van der Waals surface area contributed by atoms with Crippen molar-refractivity contribution in [3.05, 3.63) is 109 Å². The molecule has 0 radical (unpaired) electrons. The van der Waals surface area contributed by atoms with Gasteiger partial charge >= 0.3 is 0 Å². The fourth-order valence-corrected chi connectivity index (χ4v) is 2.63. The van der Waals surface area contributed by atoms with Crippen molar-refractivity contribution in [1.29, 1.82) is 0 Å². The molecule has 0 saturated heterocycles. The van der Waals surface area contributed by atoms with Crippen molar-refractivity contribution < 1.29 is 36.4 Å². The topological polar surface area (TPSA) is 40.5 Å². The van der Waals surface area contributed by atoms with Gasteiger partial charge in [0.25, 0.3) is 0 Å². The first kappa shape index (κ1) is 20.7. The van der Waals surface area contributed by atoms with E-state index in [2.05, 4.69) is 0 Å². The Morgan fingerprint density at radius 1 is 0.370 bits per heavy atom. The van der Waals surface area contributed by atoms with Gasteiger partial charge < -0.3 is 10.2 Å². The van der Waals surface area contributed by atoms with Crippen LogP contribution in [0.1, 0.15) is 0 Å². The van der Waals surface area contributed by atoms with Crippen molar-refractivity contribution in [2.75, 3.05) is 0 Å². The molecule has 4 rings (SSSR count). The second-order valence-electron chi connectivity index (χ2n) is 5.83. The molecule has 0 aliphatic rings. The van der Waals surface area contributed by atoms with Gasteiger partial charge in [0.2, 0.25) is 0 Å². The van der Waals surface area contributed by atoms with E-state index < -0.39 is 0 Å². The largest absolute Gasteiger partial charge is 0.508 e. The molecule has 0 amide bonds. The molecular formula is C24H20O2Zr. The number of rotatable bonds is 2. The number of phenolic OH excluding ortho intramolecular Hbond substituents is 2. The maximum absolute atomic E-state index is 9.27. The van der Waals surface area contributed by atoms with Crippen molar-refractivity contribution in [2.24, 2.45) is 0 Å². The van der Waals surface area contributed by atoms with Crippen molar-refractivity contribution >= 4 is 0 Å². The maximum atomic E-state index is 9.27. The van der Waals surface area contributed by atoms with Gasteiger partial charge in [0.05, 0.1) is 0 Å². The summed E-state index contributed by atoms with van der Waals surface area (Å²) in [7, 11) is 0. The van der Waals surface area contributed by atoms with Crippen LogP contribution in [0.25, 0.3) is 22.3 Å². The molecule has 0 saturated carbocycles. The molecule has 2 nitrogen and oxygen atoms in total. The van der Waals surface area contributed by atoms with Gasteiger partial charge in [-0.3, -0.25) is 0 Å². The Kier molecular flexibility index (Phi) is 8.04. The first-order chi connectivity index (χ1) is 12.7. The van der Waals surface area contributed by atoms with E-state index in [1.54, 1.807) is 24.3 Å². The third-order valence-corrected chi connectivity index (χ3v) is 3.91. The monoisotopic (exact) mass is 430 g/mol. The van der Waals surface area contributed by atoms with Crippen LogP contribution in [0, 0.1) is 0 Å². The molecule has 27 heavy (non-hydrogen) atoms. The van der Waals surface area contributed by atoms with Crippen LogP contribution in [0.4, 0.5) is 0 Å². The van der Waals surface area contributed by atoms with Crippen molar-refractivity contribution in [3.8, 4) is 33.8 Å². The van der Waals surface area contributed by atoms with E-state index in [0.29, 0.717) is 11.5 Å². The Labute approximate surface area is 178 Å². The predicted octanol–water partition coefficient (Wildman–Crippen LogP) is 6.12. The summed E-state index contributed by atoms with van der Waals surface area (Å²) >= 11 is 0. The minimum atomic E-state index is 0. The second-order valence-corrected chi connectivity index (χ2v) is 5.83. The smallest absolute Gasteiger partial charge is 0.116 e.